The van der Waals surface area contributed by atoms with Gasteiger partial charge in [-0.25, -0.2) is 4.79 Å². The summed E-state index contributed by atoms with van der Waals surface area (Å²) in [5.74, 6) is -1.47. The number of ketones is 1. The second-order valence-corrected chi connectivity index (χ2v) is 3.90. The fourth-order valence-corrected chi connectivity index (χ4v) is 1.80. The lowest BCUT2D eigenvalue weighted by molar-refractivity contribution is -0.140. The number of hydrogen-bond donors (Lipinski definition) is 1. The Kier molecular flexibility index (Phi) is 2.95. The summed E-state index contributed by atoms with van der Waals surface area (Å²) >= 11 is 0. The van der Waals surface area contributed by atoms with Crippen LogP contribution in [0.5, 0.6) is 0 Å². The first-order valence-corrected chi connectivity index (χ1v) is 5.28. The summed E-state index contributed by atoms with van der Waals surface area (Å²) in [5.41, 5.74) is 0.701. The zero-order chi connectivity index (χ0) is 12.4. The lowest BCUT2D eigenvalue weighted by atomic mass is 10.0. The molecule has 4 heteroatoms. The number of rotatable bonds is 3. The van der Waals surface area contributed by atoms with Crippen molar-refractivity contribution in [1.82, 2.24) is 0 Å². The first-order chi connectivity index (χ1) is 8.09. The van der Waals surface area contributed by atoms with Crippen molar-refractivity contribution in [3.63, 3.8) is 0 Å². The van der Waals surface area contributed by atoms with Crippen LogP contribution in [-0.4, -0.2) is 23.0 Å². The number of ether oxygens (including phenoxy) is 1. The van der Waals surface area contributed by atoms with Crippen molar-refractivity contribution in [2.75, 3.05) is 0 Å². The SMILES string of the molecule is CC(=O)C1=C(O)[C@H](Cc2ccccc2)OC1=O. The van der Waals surface area contributed by atoms with E-state index in [1.54, 1.807) is 0 Å². The predicted octanol–water partition coefficient (Wildman–Crippen LogP) is 1.56. The zero-order valence-electron chi connectivity index (χ0n) is 9.34. The van der Waals surface area contributed by atoms with Gasteiger partial charge in [0.25, 0.3) is 0 Å². The van der Waals surface area contributed by atoms with Crippen LogP contribution in [0.25, 0.3) is 0 Å². The van der Waals surface area contributed by atoms with E-state index in [4.69, 9.17) is 4.74 Å². The predicted molar refractivity (Wildman–Crippen MR) is 60.4 cm³/mol. The van der Waals surface area contributed by atoms with E-state index < -0.39 is 17.9 Å². The van der Waals surface area contributed by atoms with Gasteiger partial charge in [0.2, 0.25) is 0 Å². The Bertz CT molecular complexity index is 487. The second kappa shape index (κ2) is 4.41. The van der Waals surface area contributed by atoms with Crippen molar-refractivity contribution in [1.29, 1.82) is 0 Å². The number of carbonyl (C=O) groups excluding carboxylic acids is 2. The molecule has 88 valence electrons. The molecular formula is C13H12O4. The van der Waals surface area contributed by atoms with Gasteiger partial charge in [0.05, 0.1) is 0 Å². The molecule has 0 unspecified atom stereocenters. The maximum Gasteiger partial charge on any atom is 0.346 e. The molecule has 1 aliphatic heterocycles. The Labute approximate surface area is 98.5 Å². The standard InChI is InChI=1S/C13H12O4/c1-8(14)11-12(15)10(17-13(11)16)7-9-5-3-2-4-6-9/h2-6,10,15H,7H2,1H3/t10-/m0/s1. The summed E-state index contributed by atoms with van der Waals surface area (Å²) in [6.07, 6.45) is -0.376. The normalized spacial score (nSPS) is 19.4. The van der Waals surface area contributed by atoms with E-state index in [2.05, 4.69) is 0 Å². The minimum atomic E-state index is -0.746. The maximum absolute atomic E-state index is 11.4. The first kappa shape index (κ1) is 11.4. The Hall–Kier alpha value is -2.10. The molecule has 0 bridgehead atoms. The molecule has 0 fully saturated rings. The lowest BCUT2D eigenvalue weighted by Gasteiger charge is -2.09. The van der Waals surface area contributed by atoms with E-state index in [0.29, 0.717) is 6.42 Å². The van der Waals surface area contributed by atoms with E-state index in [1.165, 1.54) is 6.92 Å². The van der Waals surface area contributed by atoms with Crippen LogP contribution in [0.15, 0.2) is 41.7 Å². The first-order valence-electron chi connectivity index (χ1n) is 5.28. The average Bonchev–Trinajstić information content (AvgIpc) is 2.55. The van der Waals surface area contributed by atoms with Crippen LogP contribution in [0, 0.1) is 0 Å². The lowest BCUT2D eigenvalue weighted by Crippen LogP contribution is -2.14. The summed E-state index contributed by atoms with van der Waals surface area (Å²) in [7, 11) is 0. The van der Waals surface area contributed by atoms with Crippen LogP contribution in [0.2, 0.25) is 0 Å². The van der Waals surface area contributed by atoms with Gasteiger partial charge >= 0.3 is 5.97 Å². The van der Waals surface area contributed by atoms with Crippen LogP contribution in [0.4, 0.5) is 0 Å². The molecule has 0 aliphatic carbocycles. The number of aliphatic hydroxyl groups is 1. The molecule has 1 aromatic rings. The maximum atomic E-state index is 11.4. The van der Waals surface area contributed by atoms with Gasteiger partial charge in [-0.3, -0.25) is 4.79 Å². The summed E-state index contributed by atoms with van der Waals surface area (Å²) in [5, 5.41) is 9.76. The number of aliphatic hydroxyl groups excluding tert-OH is 1. The second-order valence-electron chi connectivity index (χ2n) is 3.90. The third-order valence-electron chi connectivity index (χ3n) is 2.63. The van der Waals surface area contributed by atoms with Gasteiger partial charge in [-0.1, -0.05) is 30.3 Å². The summed E-state index contributed by atoms with van der Waals surface area (Å²) in [6, 6.07) is 9.33. The molecule has 0 amide bonds. The van der Waals surface area contributed by atoms with Crippen LogP contribution in [0.1, 0.15) is 12.5 Å². The van der Waals surface area contributed by atoms with Crippen molar-refractivity contribution in [3.05, 3.63) is 47.2 Å². The van der Waals surface area contributed by atoms with Gasteiger partial charge in [0.15, 0.2) is 17.6 Å². The van der Waals surface area contributed by atoms with Crippen molar-refractivity contribution in [2.24, 2.45) is 0 Å². The zero-order valence-corrected chi connectivity index (χ0v) is 9.34. The molecule has 1 aromatic carbocycles. The number of carbonyl (C=O) groups is 2. The molecule has 1 N–H and O–H groups in total. The average molecular weight is 232 g/mol. The van der Waals surface area contributed by atoms with E-state index in [-0.39, 0.29) is 11.3 Å². The Morgan fingerprint density at radius 2 is 2.00 bits per heavy atom. The third-order valence-corrected chi connectivity index (χ3v) is 2.63. The number of cyclic esters (lactones) is 1. The van der Waals surface area contributed by atoms with Gasteiger partial charge in [0.1, 0.15) is 5.57 Å². The quantitative estimate of drug-likeness (QED) is 0.634. The minimum Gasteiger partial charge on any atom is -0.507 e. The molecule has 17 heavy (non-hydrogen) atoms. The highest BCUT2D eigenvalue weighted by molar-refractivity contribution is 6.18. The molecule has 4 nitrogen and oxygen atoms in total. The molecule has 0 saturated carbocycles. The fraction of sp³-hybridized carbons (Fsp3) is 0.231. The monoisotopic (exact) mass is 232 g/mol. The van der Waals surface area contributed by atoms with Gasteiger partial charge in [0, 0.05) is 6.42 Å². The van der Waals surface area contributed by atoms with Gasteiger partial charge in [-0.05, 0) is 12.5 Å². The van der Waals surface area contributed by atoms with Crippen molar-refractivity contribution in [3.8, 4) is 0 Å². The molecule has 0 spiro atoms. The van der Waals surface area contributed by atoms with Crippen molar-refractivity contribution < 1.29 is 19.4 Å². The van der Waals surface area contributed by atoms with E-state index >= 15 is 0 Å². The Morgan fingerprint density at radius 3 is 2.53 bits per heavy atom. The summed E-state index contributed by atoms with van der Waals surface area (Å²) in [6.45, 7) is 1.23. The smallest absolute Gasteiger partial charge is 0.346 e. The van der Waals surface area contributed by atoms with Crippen molar-refractivity contribution in [2.45, 2.75) is 19.4 Å². The molecule has 2 rings (SSSR count). The highest BCUT2D eigenvalue weighted by atomic mass is 16.6. The highest BCUT2D eigenvalue weighted by Crippen LogP contribution is 2.24. The van der Waals surface area contributed by atoms with Crippen LogP contribution in [-0.2, 0) is 20.7 Å². The molecular weight excluding hydrogens is 220 g/mol. The minimum absolute atomic E-state index is 0.231. The molecule has 0 saturated heterocycles. The van der Waals surface area contributed by atoms with Crippen molar-refractivity contribution >= 4 is 11.8 Å². The highest BCUT2D eigenvalue weighted by Gasteiger charge is 2.36. The van der Waals surface area contributed by atoms with Crippen LogP contribution >= 0.6 is 0 Å². The summed E-state index contributed by atoms with van der Waals surface area (Å²) < 4.78 is 4.97. The number of Topliss-reactive ketones (excluding diaryl/α,β-unsaturated/α-hetero) is 1. The molecule has 1 aliphatic rings. The van der Waals surface area contributed by atoms with Crippen LogP contribution in [0.3, 0.4) is 0 Å². The van der Waals surface area contributed by atoms with Crippen LogP contribution < -0.4 is 0 Å². The largest absolute Gasteiger partial charge is 0.507 e. The van der Waals surface area contributed by atoms with Gasteiger partial charge in [-0.2, -0.15) is 0 Å². The third kappa shape index (κ3) is 2.20. The topological polar surface area (TPSA) is 63.6 Å². The van der Waals surface area contributed by atoms with Gasteiger partial charge < -0.3 is 9.84 Å². The number of esters is 1. The molecule has 1 atom stereocenters. The molecule has 0 radical (unpaired) electrons. The van der Waals surface area contributed by atoms with E-state index in [1.807, 2.05) is 30.3 Å². The Balaban J connectivity index is 2.20. The fourth-order valence-electron chi connectivity index (χ4n) is 1.80. The number of hydrogen-bond acceptors (Lipinski definition) is 4. The Morgan fingerprint density at radius 1 is 1.35 bits per heavy atom. The molecule has 0 aromatic heterocycles. The van der Waals surface area contributed by atoms with E-state index in [9.17, 15) is 14.7 Å². The number of benzene rings is 1. The van der Waals surface area contributed by atoms with E-state index in [0.717, 1.165) is 5.56 Å². The summed E-state index contributed by atoms with van der Waals surface area (Å²) in [4.78, 5) is 22.5. The van der Waals surface area contributed by atoms with Gasteiger partial charge in [-0.15, -0.1) is 0 Å². The molecule has 1 heterocycles.